The highest BCUT2D eigenvalue weighted by Gasteiger charge is 2.13. The van der Waals surface area contributed by atoms with Crippen LogP contribution < -0.4 is 5.32 Å². The molecule has 1 aromatic heterocycles. The standard InChI is InChI=1S/C18H13N3/c19-11-18-15(9-14-3-1-2-4-16(14)21-18)13-6-5-12-7-8-20-17(12)10-13/h1-6,9-10,20H,7-8H2. The number of nitrogens with one attached hydrogen (secondary N) is 1. The number of nitriles is 1. The summed E-state index contributed by atoms with van der Waals surface area (Å²) in [5.41, 5.74) is 5.78. The lowest BCUT2D eigenvalue weighted by Crippen LogP contribution is -1.93. The van der Waals surface area contributed by atoms with Crippen LogP contribution in [0.4, 0.5) is 5.69 Å². The van der Waals surface area contributed by atoms with E-state index in [2.05, 4.69) is 40.6 Å². The van der Waals surface area contributed by atoms with Crippen LogP contribution in [0.25, 0.3) is 22.0 Å². The van der Waals surface area contributed by atoms with E-state index in [1.165, 1.54) is 11.3 Å². The number of nitrogens with zero attached hydrogens (tertiary/aromatic N) is 2. The van der Waals surface area contributed by atoms with Crippen LogP contribution in [0.15, 0.2) is 48.5 Å². The predicted octanol–water partition coefficient (Wildman–Crippen LogP) is 3.74. The molecule has 0 amide bonds. The van der Waals surface area contributed by atoms with Gasteiger partial charge in [-0.05, 0) is 35.7 Å². The second kappa shape index (κ2) is 4.60. The molecule has 0 unspecified atom stereocenters. The molecule has 3 nitrogen and oxygen atoms in total. The van der Waals surface area contributed by atoms with E-state index in [0.717, 1.165) is 35.0 Å². The van der Waals surface area contributed by atoms with Crippen LogP contribution in [-0.4, -0.2) is 11.5 Å². The minimum atomic E-state index is 0.478. The maximum Gasteiger partial charge on any atom is 0.149 e. The zero-order valence-electron chi connectivity index (χ0n) is 11.4. The van der Waals surface area contributed by atoms with Crippen molar-refractivity contribution in [2.24, 2.45) is 0 Å². The fourth-order valence-corrected chi connectivity index (χ4v) is 2.88. The lowest BCUT2D eigenvalue weighted by Gasteiger charge is -2.08. The Morgan fingerprint density at radius 2 is 2.00 bits per heavy atom. The van der Waals surface area contributed by atoms with Gasteiger partial charge >= 0.3 is 0 Å². The second-order valence-electron chi connectivity index (χ2n) is 5.24. The molecule has 0 bridgehead atoms. The van der Waals surface area contributed by atoms with Crippen LogP contribution in [0.5, 0.6) is 0 Å². The van der Waals surface area contributed by atoms with Crippen molar-refractivity contribution in [1.82, 2.24) is 4.98 Å². The SMILES string of the molecule is N#Cc1nc2ccccc2cc1-c1ccc2c(c1)NCC2. The van der Waals surface area contributed by atoms with E-state index in [1.54, 1.807) is 0 Å². The van der Waals surface area contributed by atoms with E-state index in [9.17, 15) is 5.26 Å². The summed E-state index contributed by atoms with van der Waals surface area (Å²) in [5, 5.41) is 13.8. The van der Waals surface area contributed by atoms with Crippen molar-refractivity contribution in [1.29, 1.82) is 5.26 Å². The maximum absolute atomic E-state index is 9.40. The Labute approximate surface area is 122 Å². The topological polar surface area (TPSA) is 48.7 Å². The Balaban J connectivity index is 1.95. The fourth-order valence-electron chi connectivity index (χ4n) is 2.88. The van der Waals surface area contributed by atoms with Gasteiger partial charge in [-0.25, -0.2) is 4.98 Å². The smallest absolute Gasteiger partial charge is 0.149 e. The van der Waals surface area contributed by atoms with Crippen LogP contribution in [0, 0.1) is 11.3 Å². The molecule has 1 aliphatic heterocycles. The van der Waals surface area contributed by atoms with E-state index in [1.807, 2.05) is 24.3 Å². The van der Waals surface area contributed by atoms with Crippen molar-refractivity contribution < 1.29 is 0 Å². The Kier molecular flexibility index (Phi) is 2.61. The van der Waals surface area contributed by atoms with Gasteiger partial charge in [0.2, 0.25) is 0 Å². The monoisotopic (exact) mass is 271 g/mol. The number of fused-ring (bicyclic) bond motifs is 2. The number of aromatic nitrogens is 1. The van der Waals surface area contributed by atoms with E-state index >= 15 is 0 Å². The molecule has 0 saturated carbocycles. The third-order valence-electron chi connectivity index (χ3n) is 3.96. The van der Waals surface area contributed by atoms with Gasteiger partial charge in [-0.2, -0.15) is 5.26 Å². The molecule has 21 heavy (non-hydrogen) atoms. The highest BCUT2D eigenvalue weighted by molar-refractivity contribution is 5.86. The first kappa shape index (κ1) is 11.9. The molecule has 0 fully saturated rings. The summed E-state index contributed by atoms with van der Waals surface area (Å²) in [4.78, 5) is 4.48. The average molecular weight is 271 g/mol. The minimum absolute atomic E-state index is 0.478. The molecule has 1 aliphatic rings. The molecule has 0 saturated heterocycles. The molecule has 4 rings (SSSR count). The van der Waals surface area contributed by atoms with Gasteiger partial charge in [0.25, 0.3) is 0 Å². The van der Waals surface area contributed by atoms with Gasteiger partial charge in [-0.3, -0.25) is 0 Å². The highest BCUT2D eigenvalue weighted by Crippen LogP contribution is 2.31. The van der Waals surface area contributed by atoms with Crippen LogP contribution in [0.3, 0.4) is 0 Å². The number of para-hydroxylation sites is 1. The van der Waals surface area contributed by atoms with Gasteiger partial charge < -0.3 is 5.32 Å². The molecule has 2 aromatic carbocycles. The van der Waals surface area contributed by atoms with Gasteiger partial charge in [0.1, 0.15) is 11.8 Å². The third kappa shape index (κ3) is 1.93. The molecule has 0 spiro atoms. The summed E-state index contributed by atoms with van der Waals surface area (Å²) in [6.07, 6.45) is 1.07. The lowest BCUT2D eigenvalue weighted by molar-refractivity contribution is 1.11. The van der Waals surface area contributed by atoms with Gasteiger partial charge in [-0.1, -0.05) is 30.3 Å². The first-order valence-electron chi connectivity index (χ1n) is 7.02. The number of anilines is 1. The van der Waals surface area contributed by atoms with Crippen LogP contribution in [0.1, 0.15) is 11.3 Å². The maximum atomic E-state index is 9.40. The largest absolute Gasteiger partial charge is 0.384 e. The van der Waals surface area contributed by atoms with Crippen molar-refractivity contribution in [3.8, 4) is 17.2 Å². The molecule has 0 aliphatic carbocycles. The molecule has 100 valence electrons. The van der Waals surface area contributed by atoms with E-state index in [-0.39, 0.29) is 0 Å². The first-order chi connectivity index (χ1) is 10.3. The summed E-state index contributed by atoms with van der Waals surface area (Å²) in [6.45, 7) is 0.986. The number of benzene rings is 2. The Morgan fingerprint density at radius 1 is 1.10 bits per heavy atom. The van der Waals surface area contributed by atoms with Gasteiger partial charge in [-0.15, -0.1) is 0 Å². The average Bonchev–Trinajstić information content (AvgIpc) is 3.01. The van der Waals surface area contributed by atoms with Crippen LogP contribution in [-0.2, 0) is 6.42 Å². The van der Waals surface area contributed by atoms with Crippen molar-refractivity contribution in [3.05, 3.63) is 59.8 Å². The highest BCUT2D eigenvalue weighted by atomic mass is 14.9. The summed E-state index contributed by atoms with van der Waals surface area (Å²) in [6, 6.07) is 18.5. The summed E-state index contributed by atoms with van der Waals surface area (Å²) in [5.74, 6) is 0. The number of hydrogen-bond acceptors (Lipinski definition) is 3. The summed E-state index contributed by atoms with van der Waals surface area (Å²) in [7, 11) is 0. The van der Waals surface area contributed by atoms with E-state index < -0.39 is 0 Å². The Bertz CT molecular complexity index is 891. The summed E-state index contributed by atoms with van der Waals surface area (Å²) < 4.78 is 0. The number of hydrogen-bond donors (Lipinski definition) is 1. The molecule has 0 atom stereocenters. The van der Waals surface area contributed by atoms with Crippen molar-refractivity contribution in [3.63, 3.8) is 0 Å². The van der Waals surface area contributed by atoms with Crippen molar-refractivity contribution in [2.45, 2.75) is 6.42 Å². The molecule has 3 aromatic rings. The Hall–Kier alpha value is -2.86. The van der Waals surface area contributed by atoms with Crippen LogP contribution >= 0.6 is 0 Å². The molecule has 3 heteroatoms. The minimum Gasteiger partial charge on any atom is -0.384 e. The first-order valence-corrected chi connectivity index (χ1v) is 7.02. The predicted molar refractivity (Wildman–Crippen MR) is 84.1 cm³/mol. The van der Waals surface area contributed by atoms with Crippen molar-refractivity contribution in [2.75, 3.05) is 11.9 Å². The van der Waals surface area contributed by atoms with Gasteiger partial charge in [0.15, 0.2) is 0 Å². The van der Waals surface area contributed by atoms with E-state index in [4.69, 9.17) is 0 Å². The fraction of sp³-hybridized carbons (Fsp3) is 0.111. The van der Waals surface area contributed by atoms with Gasteiger partial charge in [0.05, 0.1) is 5.52 Å². The molecular formula is C18H13N3. The van der Waals surface area contributed by atoms with Gasteiger partial charge in [0, 0.05) is 23.2 Å². The Morgan fingerprint density at radius 3 is 2.90 bits per heavy atom. The number of rotatable bonds is 1. The van der Waals surface area contributed by atoms with E-state index in [0.29, 0.717) is 5.69 Å². The van der Waals surface area contributed by atoms with Crippen LogP contribution in [0.2, 0.25) is 0 Å². The van der Waals surface area contributed by atoms with Crippen molar-refractivity contribution >= 4 is 16.6 Å². The summed E-state index contributed by atoms with van der Waals surface area (Å²) >= 11 is 0. The molecule has 1 N–H and O–H groups in total. The quantitative estimate of drug-likeness (QED) is 0.733. The zero-order chi connectivity index (χ0) is 14.2. The molecule has 0 radical (unpaired) electrons. The molecular weight excluding hydrogens is 258 g/mol. The third-order valence-corrected chi connectivity index (χ3v) is 3.96. The molecule has 2 heterocycles. The zero-order valence-corrected chi connectivity index (χ0v) is 11.4. The number of pyridine rings is 1. The second-order valence-corrected chi connectivity index (χ2v) is 5.24. The normalized spacial score (nSPS) is 12.7. The lowest BCUT2D eigenvalue weighted by atomic mass is 9.99.